The molecule has 1 amide bonds. The number of aliphatic hydroxyl groups excluding tert-OH is 2. The van der Waals surface area contributed by atoms with Crippen molar-refractivity contribution in [2.24, 2.45) is 17.6 Å². The van der Waals surface area contributed by atoms with Gasteiger partial charge in [-0.1, -0.05) is 47.9 Å². The second kappa shape index (κ2) is 8.24. The number of hydrogen-bond donors (Lipinski definition) is 5. The van der Waals surface area contributed by atoms with Crippen LogP contribution in [0.2, 0.25) is 0 Å². The van der Waals surface area contributed by atoms with Crippen molar-refractivity contribution in [1.29, 1.82) is 0 Å². The summed E-state index contributed by atoms with van der Waals surface area (Å²) < 4.78 is 0. The number of hydrogen-bond acceptors (Lipinski definition) is 7. The molecular formula is C27H24BNO7. The Bertz CT molecular complexity index is 1440. The van der Waals surface area contributed by atoms with Crippen LogP contribution >= 0.6 is 0 Å². The Hall–Kier alpha value is -4.11. The van der Waals surface area contributed by atoms with Gasteiger partial charge in [0.15, 0.2) is 11.4 Å². The summed E-state index contributed by atoms with van der Waals surface area (Å²) in [4.78, 5) is 38.3. The van der Waals surface area contributed by atoms with Crippen molar-refractivity contribution in [2.45, 2.75) is 24.9 Å². The molecule has 0 fully saturated rings. The Morgan fingerprint density at radius 3 is 2.39 bits per heavy atom. The van der Waals surface area contributed by atoms with Gasteiger partial charge in [0.1, 0.15) is 30.7 Å². The molecule has 2 aromatic rings. The number of nitrogens with two attached hydrogens (primary N) is 1. The molecule has 3 atom stereocenters. The molecule has 3 aliphatic carbocycles. The van der Waals surface area contributed by atoms with E-state index < -0.39 is 52.0 Å². The number of benzene rings is 2. The number of primary amides is 1. The van der Waals surface area contributed by atoms with Gasteiger partial charge in [-0.25, -0.2) is 0 Å². The number of phenols is 1. The summed E-state index contributed by atoms with van der Waals surface area (Å²) in [6.07, 6.45) is 3.85. The van der Waals surface area contributed by atoms with Crippen LogP contribution < -0.4 is 11.2 Å². The molecule has 0 aromatic heterocycles. The molecule has 0 radical (unpaired) electrons. The van der Waals surface area contributed by atoms with E-state index >= 15 is 0 Å². The van der Waals surface area contributed by atoms with Gasteiger partial charge in [-0.05, 0) is 41.5 Å². The molecular weight excluding hydrogens is 461 g/mol. The lowest BCUT2D eigenvalue weighted by atomic mass is 9.60. The van der Waals surface area contributed by atoms with Gasteiger partial charge in [0.2, 0.25) is 5.78 Å². The molecule has 6 N–H and O–H groups in total. The number of carbonyl (C=O) groups is 3. The number of rotatable bonds is 3. The van der Waals surface area contributed by atoms with Gasteiger partial charge in [-0.15, -0.1) is 0 Å². The van der Waals surface area contributed by atoms with E-state index in [1.54, 1.807) is 6.07 Å². The maximum absolute atomic E-state index is 13.6. The van der Waals surface area contributed by atoms with E-state index in [9.17, 15) is 34.8 Å². The fraction of sp³-hybridized carbons (Fsp3) is 0.222. The lowest BCUT2D eigenvalue weighted by molar-refractivity contribution is -0.144. The Balaban J connectivity index is 1.60. The minimum atomic E-state index is -2.56. The van der Waals surface area contributed by atoms with E-state index in [4.69, 9.17) is 5.73 Å². The maximum atomic E-state index is 13.6. The van der Waals surface area contributed by atoms with E-state index in [2.05, 4.69) is 0 Å². The highest BCUT2D eigenvalue weighted by Gasteiger charge is 2.59. The third-order valence-electron chi connectivity index (χ3n) is 7.51. The molecule has 0 heterocycles. The average Bonchev–Trinajstić information content (AvgIpc) is 2.81. The van der Waals surface area contributed by atoms with Crippen molar-refractivity contribution in [3.63, 3.8) is 0 Å². The van der Waals surface area contributed by atoms with Crippen molar-refractivity contribution in [2.75, 3.05) is 0 Å². The molecule has 5 rings (SSSR count). The highest BCUT2D eigenvalue weighted by molar-refractivity contribution is 6.32. The normalized spacial score (nSPS) is 25.6. The quantitative estimate of drug-likeness (QED) is 0.247. The second-order valence-corrected chi connectivity index (χ2v) is 9.68. The lowest BCUT2D eigenvalue weighted by Crippen LogP contribution is -2.57. The van der Waals surface area contributed by atoms with E-state index in [1.165, 1.54) is 6.07 Å². The molecule has 3 aliphatic rings. The molecule has 0 unspecified atom stereocenters. The zero-order valence-corrected chi connectivity index (χ0v) is 19.5. The van der Waals surface area contributed by atoms with Crippen LogP contribution in [0.5, 0.6) is 5.75 Å². The summed E-state index contributed by atoms with van der Waals surface area (Å²) in [6, 6.07) is 11.0. The number of ketones is 2. The Labute approximate surface area is 207 Å². The van der Waals surface area contributed by atoms with Crippen molar-refractivity contribution < 1.29 is 34.8 Å². The van der Waals surface area contributed by atoms with Crippen LogP contribution in [0.25, 0.3) is 12.2 Å². The molecule has 0 saturated carbocycles. The standard InChI is InChI=1S/C27H24BNO7/c28-16-6-2-12(3-7-16)1-4-13-5-8-18(30)21-17(13)10-14-9-15-11-19(31)22(26(29)35)25(34)27(15,36)24(33)20(14)23(21)32/h1-8,14-15,30-31,33,36H,9-11,28H2,(H2,29,35)/b4-1+/t14-,15+,27+/m1/s1. The number of allylic oxidation sites excluding steroid dienone is 2. The third kappa shape index (κ3) is 3.38. The van der Waals surface area contributed by atoms with Crippen LogP contribution in [0.4, 0.5) is 0 Å². The van der Waals surface area contributed by atoms with E-state index in [-0.39, 0.29) is 36.1 Å². The smallest absolute Gasteiger partial charge is 0.255 e. The highest BCUT2D eigenvalue weighted by Crippen LogP contribution is 2.51. The lowest BCUT2D eigenvalue weighted by Gasteiger charge is -2.45. The molecule has 0 bridgehead atoms. The van der Waals surface area contributed by atoms with Gasteiger partial charge < -0.3 is 26.2 Å². The Morgan fingerprint density at radius 1 is 1.03 bits per heavy atom. The monoisotopic (exact) mass is 485 g/mol. The summed E-state index contributed by atoms with van der Waals surface area (Å²) in [5.74, 6) is -6.35. The molecule has 36 heavy (non-hydrogen) atoms. The first kappa shape index (κ1) is 23.6. The Morgan fingerprint density at radius 2 is 1.72 bits per heavy atom. The molecule has 8 nitrogen and oxygen atoms in total. The molecule has 9 heteroatoms. The number of Topliss-reactive ketones (excluding diaryl/α,β-unsaturated/α-hetero) is 2. The van der Waals surface area contributed by atoms with Crippen molar-refractivity contribution in [3.05, 3.63) is 81.3 Å². The Kier molecular flexibility index (Phi) is 5.41. The largest absolute Gasteiger partial charge is 0.511 e. The van der Waals surface area contributed by atoms with Crippen LogP contribution in [0.3, 0.4) is 0 Å². The molecule has 2 aromatic carbocycles. The van der Waals surface area contributed by atoms with Crippen LogP contribution in [0.15, 0.2) is 59.1 Å². The molecule has 0 saturated heterocycles. The van der Waals surface area contributed by atoms with Gasteiger partial charge in [0, 0.05) is 17.9 Å². The van der Waals surface area contributed by atoms with Gasteiger partial charge in [-0.3, -0.25) is 14.4 Å². The predicted molar refractivity (Wildman–Crippen MR) is 134 cm³/mol. The minimum Gasteiger partial charge on any atom is -0.511 e. The first-order valence-electron chi connectivity index (χ1n) is 11.6. The summed E-state index contributed by atoms with van der Waals surface area (Å²) in [5.41, 5.74) is 5.09. The first-order valence-corrected chi connectivity index (χ1v) is 11.6. The number of aromatic hydroxyl groups is 1. The van der Waals surface area contributed by atoms with Gasteiger partial charge in [-0.2, -0.15) is 0 Å². The van der Waals surface area contributed by atoms with Gasteiger partial charge in [0.25, 0.3) is 5.91 Å². The summed E-state index contributed by atoms with van der Waals surface area (Å²) in [7, 11) is 1.99. The number of amides is 1. The second-order valence-electron chi connectivity index (χ2n) is 9.68. The molecule has 182 valence electrons. The van der Waals surface area contributed by atoms with Gasteiger partial charge >= 0.3 is 0 Å². The third-order valence-corrected chi connectivity index (χ3v) is 7.51. The van der Waals surface area contributed by atoms with Crippen molar-refractivity contribution in [3.8, 4) is 5.75 Å². The van der Waals surface area contributed by atoms with Crippen LogP contribution in [0, 0.1) is 11.8 Å². The number of fused-ring (bicyclic) bond motifs is 3. The average molecular weight is 485 g/mol. The van der Waals surface area contributed by atoms with Crippen LogP contribution in [-0.4, -0.2) is 51.3 Å². The van der Waals surface area contributed by atoms with Crippen LogP contribution in [0.1, 0.15) is 39.9 Å². The fourth-order valence-corrected chi connectivity index (χ4v) is 5.66. The summed E-state index contributed by atoms with van der Waals surface area (Å²) in [6.45, 7) is 0. The predicted octanol–water partition coefficient (Wildman–Crippen LogP) is 1.01. The highest BCUT2D eigenvalue weighted by atomic mass is 16.3. The molecule has 0 spiro atoms. The first-order chi connectivity index (χ1) is 17.0. The van der Waals surface area contributed by atoms with E-state index in [1.807, 2.05) is 44.3 Å². The number of aliphatic hydroxyl groups is 3. The van der Waals surface area contributed by atoms with E-state index in [0.29, 0.717) is 5.56 Å². The fourth-order valence-electron chi connectivity index (χ4n) is 5.66. The number of phenolic OH excluding ortho intramolecular Hbond substituents is 1. The zero-order chi connectivity index (χ0) is 25.9. The van der Waals surface area contributed by atoms with Crippen molar-refractivity contribution >= 4 is 42.9 Å². The minimum absolute atomic E-state index is 0.00215. The summed E-state index contributed by atoms with van der Waals surface area (Å²) >= 11 is 0. The van der Waals surface area contributed by atoms with Crippen LogP contribution in [-0.2, 0) is 16.0 Å². The zero-order valence-electron chi connectivity index (χ0n) is 19.5. The van der Waals surface area contributed by atoms with Gasteiger partial charge in [0.05, 0.1) is 5.56 Å². The topological polar surface area (TPSA) is 158 Å². The maximum Gasteiger partial charge on any atom is 0.255 e. The van der Waals surface area contributed by atoms with E-state index in [0.717, 1.165) is 16.6 Å². The van der Waals surface area contributed by atoms with Crippen molar-refractivity contribution in [1.82, 2.24) is 0 Å². The molecule has 0 aliphatic heterocycles. The SMILES string of the molecule is Bc1ccc(/C=C/c2ccc(O)c3c2C[C@H]2C[C@H]4CC(O)=C(C(N)=O)C(=O)[C@@]4(O)C(O)=C2C3=O)cc1. The number of carbonyl (C=O) groups excluding carboxylic acids is 3. The summed E-state index contributed by atoms with van der Waals surface area (Å²) in [5, 5.41) is 43.2.